The van der Waals surface area contributed by atoms with E-state index >= 15 is 0 Å². The van der Waals surface area contributed by atoms with Crippen molar-refractivity contribution in [3.63, 3.8) is 0 Å². The van der Waals surface area contributed by atoms with Crippen LogP contribution in [0.3, 0.4) is 0 Å². The van der Waals surface area contributed by atoms with Crippen LogP contribution in [0.25, 0.3) is 10.9 Å². The van der Waals surface area contributed by atoms with Crippen molar-refractivity contribution in [1.82, 2.24) is 15.0 Å². The second-order valence-electron chi connectivity index (χ2n) is 5.26. The van der Waals surface area contributed by atoms with Crippen molar-refractivity contribution in [3.05, 3.63) is 23.2 Å². The lowest BCUT2D eigenvalue weighted by Crippen LogP contribution is -2.30. The van der Waals surface area contributed by atoms with E-state index in [0.29, 0.717) is 19.6 Å². The summed E-state index contributed by atoms with van der Waals surface area (Å²) < 4.78 is 46.9. The molecule has 2 aromatic rings. The molecule has 3 heterocycles. The van der Waals surface area contributed by atoms with Crippen LogP contribution >= 0.6 is 11.6 Å². The van der Waals surface area contributed by atoms with Crippen molar-refractivity contribution in [3.8, 4) is 0 Å². The fourth-order valence-corrected chi connectivity index (χ4v) is 2.97. The fourth-order valence-electron chi connectivity index (χ4n) is 2.84. The summed E-state index contributed by atoms with van der Waals surface area (Å²) in [6.07, 6.45) is -0.914. The van der Waals surface area contributed by atoms with E-state index in [1.807, 2.05) is 0 Å². The molecule has 2 fully saturated rings. The zero-order chi connectivity index (χ0) is 15.4. The summed E-state index contributed by atoms with van der Waals surface area (Å²) in [6.45, 7) is 0.847. The topological polar surface area (TPSA) is 51.1 Å². The Kier molecular flexibility index (Phi) is 3.12. The summed E-state index contributed by atoms with van der Waals surface area (Å²) in [4.78, 5) is 12.5. The predicted octanol–water partition coefficient (Wildman–Crippen LogP) is 2.27. The molecule has 0 spiro atoms. The number of alkyl halides is 1. The molecule has 1 saturated heterocycles. The summed E-state index contributed by atoms with van der Waals surface area (Å²) in [6, 6.07) is -0.543. The zero-order valence-electron chi connectivity index (χ0n) is 11.1. The third-order valence-electron chi connectivity index (χ3n) is 3.92. The smallest absolute Gasteiger partial charge is 0.311 e. The van der Waals surface area contributed by atoms with E-state index in [1.165, 1.54) is 6.20 Å². The first kappa shape index (κ1) is 14.0. The number of anilines is 1. The van der Waals surface area contributed by atoms with Crippen molar-refractivity contribution >= 4 is 28.3 Å². The molecule has 0 aromatic carbocycles. The van der Waals surface area contributed by atoms with Gasteiger partial charge < -0.3 is 9.64 Å². The van der Waals surface area contributed by atoms with Gasteiger partial charge in [-0.1, -0.05) is 11.6 Å². The van der Waals surface area contributed by atoms with Gasteiger partial charge in [0.05, 0.1) is 11.4 Å². The molecule has 4 rings (SSSR count). The van der Waals surface area contributed by atoms with Gasteiger partial charge in [-0.3, -0.25) is 0 Å². The van der Waals surface area contributed by atoms with Gasteiger partial charge in [0.15, 0.2) is 17.1 Å². The normalized spacial score (nSPS) is 27.6. The van der Waals surface area contributed by atoms with Gasteiger partial charge in [0, 0.05) is 19.3 Å². The van der Waals surface area contributed by atoms with Crippen LogP contribution in [0.5, 0.6) is 0 Å². The molecule has 3 atom stereocenters. The number of nitrogens with zero attached hydrogens (tertiary/aromatic N) is 4. The lowest BCUT2D eigenvalue weighted by molar-refractivity contribution is 0.105. The molecular weight excluding hydrogens is 321 g/mol. The number of rotatable bonds is 1. The van der Waals surface area contributed by atoms with Crippen molar-refractivity contribution < 1.29 is 17.9 Å². The van der Waals surface area contributed by atoms with E-state index in [2.05, 4.69) is 15.0 Å². The van der Waals surface area contributed by atoms with E-state index in [-0.39, 0.29) is 16.7 Å². The number of ether oxygens (including phenoxy) is 1. The summed E-state index contributed by atoms with van der Waals surface area (Å²) in [5, 5.41) is -0.202. The van der Waals surface area contributed by atoms with Gasteiger partial charge >= 0.3 is 6.08 Å². The van der Waals surface area contributed by atoms with Crippen LogP contribution in [0.1, 0.15) is 6.42 Å². The highest BCUT2D eigenvalue weighted by molar-refractivity contribution is 6.30. The first-order valence-corrected chi connectivity index (χ1v) is 7.15. The number of hydrogen-bond donors (Lipinski definition) is 0. The number of pyridine rings is 1. The van der Waals surface area contributed by atoms with Crippen LogP contribution in [0.15, 0.2) is 6.20 Å². The lowest BCUT2D eigenvalue weighted by atomic mass is 10.2. The standard InChI is InChI=1S/C13H10ClF3N4O/c14-11-6(15)8-5(4-18-11)12(20-13(17)19-8)21-2-1-3-22-10-7(16)9(10)21/h4,7,9-10H,1-3H2/t7-,9?,10-/m0/s1. The van der Waals surface area contributed by atoms with Crippen LogP contribution in [0.2, 0.25) is 5.15 Å². The van der Waals surface area contributed by atoms with E-state index in [4.69, 9.17) is 16.3 Å². The average Bonchev–Trinajstić information content (AvgIpc) is 3.18. The summed E-state index contributed by atoms with van der Waals surface area (Å²) in [5.74, 6) is -0.803. The van der Waals surface area contributed by atoms with Gasteiger partial charge in [-0.15, -0.1) is 0 Å². The molecule has 0 N–H and O–H groups in total. The van der Waals surface area contributed by atoms with E-state index in [9.17, 15) is 13.2 Å². The third-order valence-corrected chi connectivity index (χ3v) is 4.18. The highest BCUT2D eigenvalue weighted by atomic mass is 35.5. The molecule has 5 nitrogen and oxygen atoms in total. The Bertz CT molecular complexity index is 762. The molecule has 2 aromatic heterocycles. The van der Waals surface area contributed by atoms with Crippen LogP contribution in [-0.2, 0) is 4.74 Å². The molecule has 1 saturated carbocycles. The Morgan fingerprint density at radius 3 is 2.95 bits per heavy atom. The van der Waals surface area contributed by atoms with Crippen LogP contribution < -0.4 is 4.90 Å². The Morgan fingerprint density at radius 1 is 1.32 bits per heavy atom. The molecule has 1 aliphatic carbocycles. The Hall–Kier alpha value is -1.67. The molecule has 0 amide bonds. The second kappa shape index (κ2) is 4.92. The quantitative estimate of drug-likeness (QED) is 0.593. The molecule has 9 heteroatoms. The van der Waals surface area contributed by atoms with Crippen LogP contribution in [0, 0.1) is 11.9 Å². The third kappa shape index (κ3) is 2.01. The maximum absolute atomic E-state index is 14.0. The van der Waals surface area contributed by atoms with Gasteiger partial charge in [-0.05, 0) is 6.42 Å². The number of halogens is 4. The zero-order valence-corrected chi connectivity index (χ0v) is 11.9. The molecule has 116 valence electrons. The van der Waals surface area contributed by atoms with Crippen molar-refractivity contribution in [2.45, 2.75) is 24.7 Å². The lowest BCUT2D eigenvalue weighted by Gasteiger charge is -2.23. The average molecular weight is 331 g/mol. The van der Waals surface area contributed by atoms with Gasteiger partial charge in [0.25, 0.3) is 0 Å². The van der Waals surface area contributed by atoms with Crippen molar-refractivity contribution in [1.29, 1.82) is 0 Å². The van der Waals surface area contributed by atoms with Gasteiger partial charge in [-0.25, -0.2) is 13.8 Å². The molecule has 0 bridgehead atoms. The SMILES string of the molecule is Fc1nc(N2CCCO[C@@H]3C2[C@@H]3F)c2cnc(Cl)c(F)c2n1. The monoisotopic (exact) mass is 330 g/mol. The summed E-state index contributed by atoms with van der Waals surface area (Å²) in [5.41, 5.74) is -0.264. The minimum Gasteiger partial charge on any atom is -0.373 e. The minimum absolute atomic E-state index is 0.117. The second-order valence-corrected chi connectivity index (χ2v) is 5.62. The molecular formula is C13H10ClF3N4O. The minimum atomic E-state index is -1.17. The molecule has 0 radical (unpaired) electrons. The van der Waals surface area contributed by atoms with Crippen molar-refractivity contribution in [2.24, 2.45) is 0 Å². The highest BCUT2D eigenvalue weighted by Gasteiger charge is 2.57. The van der Waals surface area contributed by atoms with Crippen LogP contribution in [-0.4, -0.2) is 46.4 Å². The van der Waals surface area contributed by atoms with E-state index < -0.39 is 35.4 Å². The molecule has 2 aliphatic rings. The molecule has 22 heavy (non-hydrogen) atoms. The molecule has 1 unspecified atom stereocenters. The highest BCUT2D eigenvalue weighted by Crippen LogP contribution is 2.41. The molecule has 1 aliphatic heterocycles. The van der Waals surface area contributed by atoms with Crippen LogP contribution in [0.4, 0.5) is 19.0 Å². The number of fused-ring (bicyclic) bond motifs is 2. The van der Waals surface area contributed by atoms with E-state index in [0.717, 1.165) is 0 Å². The van der Waals surface area contributed by atoms with Gasteiger partial charge in [0.2, 0.25) is 0 Å². The Morgan fingerprint density at radius 2 is 2.14 bits per heavy atom. The Labute approximate surface area is 128 Å². The maximum atomic E-state index is 14.0. The number of hydrogen-bond acceptors (Lipinski definition) is 5. The summed E-state index contributed by atoms with van der Waals surface area (Å²) in [7, 11) is 0. The maximum Gasteiger partial charge on any atom is 0.311 e. The first-order valence-electron chi connectivity index (χ1n) is 6.77. The van der Waals surface area contributed by atoms with Gasteiger partial charge in [-0.2, -0.15) is 14.4 Å². The first-order chi connectivity index (χ1) is 10.6. The number of aromatic nitrogens is 3. The largest absolute Gasteiger partial charge is 0.373 e. The van der Waals surface area contributed by atoms with Crippen molar-refractivity contribution in [2.75, 3.05) is 18.1 Å². The van der Waals surface area contributed by atoms with Gasteiger partial charge in [0.1, 0.15) is 17.4 Å². The summed E-state index contributed by atoms with van der Waals surface area (Å²) >= 11 is 5.60. The fraction of sp³-hybridized carbons (Fsp3) is 0.462. The predicted molar refractivity (Wildman–Crippen MR) is 72.6 cm³/mol. The Balaban J connectivity index is 1.89. The van der Waals surface area contributed by atoms with E-state index in [1.54, 1.807) is 4.90 Å².